The van der Waals surface area contributed by atoms with Crippen molar-refractivity contribution < 1.29 is 9.53 Å². The van der Waals surface area contributed by atoms with Crippen LogP contribution < -0.4 is 0 Å². The van der Waals surface area contributed by atoms with E-state index in [1.54, 1.807) is 6.08 Å². The first-order chi connectivity index (χ1) is 11.1. The van der Waals surface area contributed by atoms with Gasteiger partial charge < -0.3 is 4.74 Å². The van der Waals surface area contributed by atoms with E-state index < -0.39 is 0 Å². The van der Waals surface area contributed by atoms with Crippen LogP contribution in [0.4, 0.5) is 0 Å². The summed E-state index contributed by atoms with van der Waals surface area (Å²) < 4.78 is 5.65. The van der Waals surface area contributed by atoms with E-state index in [2.05, 4.69) is 49.1 Å². The van der Waals surface area contributed by atoms with Crippen LogP contribution in [0.3, 0.4) is 0 Å². The van der Waals surface area contributed by atoms with Gasteiger partial charge in [-0.3, -0.25) is 4.90 Å². The number of fused-ring (bicyclic) bond motifs is 3. The predicted octanol–water partition coefficient (Wildman–Crippen LogP) is 3.49. The summed E-state index contributed by atoms with van der Waals surface area (Å²) in [6.07, 6.45) is 7.34. The highest BCUT2D eigenvalue weighted by atomic mass is 16.5. The number of esters is 1. The summed E-state index contributed by atoms with van der Waals surface area (Å²) in [7, 11) is 0. The summed E-state index contributed by atoms with van der Waals surface area (Å²) in [4.78, 5) is 14.4. The Bertz CT molecular complexity index is 703. The second-order valence-corrected chi connectivity index (χ2v) is 6.95. The van der Waals surface area contributed by atoms with Gasteiger partial charge in [0.25, 0.3) is 0 Å². The number of hydrogen-bond donors (Lipinski definition) is 0. The van der Waals surface area contributed by atoms with E-state index in [0.29, 0.717) is 12.1 Å². The minimum atomic E-state index is -0.190. The van der Waals surface area contributed by atoms with Crippen molar-refractivity contribution >= 4 is 11.5 Å². The zero-order valence-corrected chi connectivity index (χ0v) is 13.8. The monoisotopic (exact) mass is 309 g/mol. The molecule has 3 aliphatic rings. The van der Waals surface area contributed by atoms with Crippen LogP contribution in [0.5, 0.6) is 0 Å². The van der Waals surface area contributed by atoms with Gasteiger partial charge in [-0.25, -0.2) is 4.79 Å². The van der Waals surface area contributed by atoms with Crippen LogP contribution in [0.25, 0.3) is 5.57 Å². The minimum absolute atomic E-state index is 0.0902. The maximum atomic E-state index is 11.8. The van der Waals surface area contributed by atoms with Crippen LogP contribution in [0.15, 0.2) is 42.0 Å². The van der Waals surface area contributed by atoms with Crippen molar-refractivity contribution in [2.45, 2.75) is 51.3 Å². The van der Waals surface area contributed by atoms with E-state index in [0.717, 1.165) is 18.5 Å². The summed E-state index contributed by atoms with van der Waals surface area (Å²) in [5.41, 5.74) is 4.86. The van der Waals surface area contributed by atoms with Crippen LogP contribution in [-0.4, -0.2) is 35.6 Å². The highest BCUT2D eigenvalue weighted by Crippen LogP contribution is 2.38. The number of carbonyl (C=O) groups is 1. The van der Waals surface area contributed by atoms with E-state index in [9.17, 15) is 4.79 Å². The van der Waals surface area contributed by atoms with Gasteiger partial charge in [-0.05, 0) is 50.4 Å². The molecule has 4 rings (SSSR count). The second kappa shape index (κ2) is 5.64. The molecule has 0 bridgehead atoms. The Morgan fingerprint density at radius 1 is 1.22 bits per heavy atom. The Balaban J connectivity index is 1.82. The first kappa shape index (κ1) is 14.7. The lowest BCUT2D eigenvalue weighted by atomic mass is 9.93. The van der Waals surface area contributed by atoms with Gasteiger partial charge in [0.05, 0.1) is 6.04 Å². The van der Waals surface area contributed by atoms with Gasteiger partial charge in [-0.1, -0.05) is 36.2 Å². The molecule has 0 aliphatic carbocycles. The molecule has 3 heterocycles. The fourth-order valence-electron chi connectivity index (χ4n) is 4.28. The molecule has 1 saturated heterocycles. The molecule has 0 saturated carbocycles. The molecule has 23 heavy (non-hydrogen) atoms. The zero-order chi connectivity index (χ0) is 16.0. The van der Waals surface area contributed by atoms with Crippen molar-refractivity contribution in [3.63, 3.8) is 0 Å². The molecule has 1 aromatic carbocycles. The molecular formula is C20H23NO2. The summed E-state index contributed by atoms with van der Waals surface area (Å²) in [6, 6.07) is 9.30. The van der Waals surface area contributed by atoms with Crippen LogP contribution in [-0.2, 0) is 9.53 Å². The molecule has 0 amide bonds. The Hall–Kier alpha value is -1.87. The van der Waals surface area contributed by atoms with Crippen molar-refractivity contribution in [2.75, 3.05) is 6.54 Å². The normalized spacial score (nSPS) is 30.7. The van der Waals surface area contributed by atoms with Crippen LogP contribution in [0.1, 0.15) is 37.3 Å². The number of carbonyl (C=O) groups excluding carboxylic acids is 1. The van der Waals surface area contributed by atoms with Crippen LogP contribution in [0.2, 0.25) is 0 Å². The standard InChI is InChI=1S/C20H23NO2/c1-13-6-5-7-15(10-13)17-11-16-12-19(22)23-20(16)18-8-3-4-9-21(18)14(17)2/h5-7,10-12,14,18,20H,3-4,8-9H2,1-2H3/t14-,18?,20?/m0/s1. The molecule has 3 heteroatoms. The van der Waals surface area contributed by atoms with Gasteiger partial charge in [-0.15, -0.1) is 0 Å². The molecule has 0 spiro atoms. The third-order valence-corrected chi connectivity index (χ3v) is 5.42. The molecule has 0 aromatic heterocycles. The zero-order valence-electron chi connectivity index (χ0n) is 13.8. The Kier molecular flexibility index (Phi) is 3.61. The third-order valence-electron chi connectivity index (χ3n) is 5.42. The number of benzene rings is 1. The maximum absolute atomic E-state index is 11.8. The van der Waals surface area contributed by atoms with Gasteiger partial charge in [0.2, 0.25) is 0 Å². The van der Waals surface area contributed by atoms with E-state index >= 15 is 0 Å². The van der Waals surface area contributed by atoms with Gasteiger partial charge in [0.15, 0.2) is 0 Å². The summed E-state index contributed by atoms with van der Waals surface area (Å²) >= 11 is 0. The van der Waals surface area contributed by atoms with E-state index in [1.807, 2.05) is 0 Å². The first-order valence-corrected chi connectivity index (χ1v) is 8.60. The SMILES string of the molecule is Cc1cccc(C2=CC3=CC(=O)OC3C3CCCCN3[C@H]2C)c1. The highest BCUT2D eigenvalue weighted by molar-refractivity contribution is 5.88. The molecule has 3 aliphatic heterocycles. The lowest BCUT2D eigenvalue weighted by molar-refractivity contribution is -0.142. The van der Waals surface area contributed by atoms with Crippen molar-refractivity contribution in [1.82, 2.24) is 4.90 Å². The summed E-state index contributed by atoms with van der Waals surface area (Å²) in [5.74, 6) is -0.190. The van der Waals surface area contributed by atoms with E-state index in [1.165, 1.54) is 29.5 Å². The lowest BCUT2D eigenvalue weighted by Gasteiger charge is -2.41. The fourth-order valence-corrected chi connectivity index (χ4v) is 4.28. The number of aryl methyl sites for hydroxylation is 1. The average molecular weight is 309 g/mol. The fraction of sp³-hybridized carbons (Fsp3) is 0.450. The molecule has 2 unspecified atom stereocenters. The molecule has 1 fully saturated rings. The number of piperidine rings is 1. The smallest absolute Gasteiger partial charge is 0.331 e. The lowest BCUT2D eigenvalue weighted by Crippen LogP contribution is -2.50. The predicted molar refractivity (Wildman–Crippen MR) is 90.9 cm³/mol. The van der Waals surface area contributed by atoms with Crippen molar-refractivity contribution in [3.05, 3.63) is 53.1 Å². The Morgan fingerprint density at radius 2 is 2.09 bits per heavy atom. The Labute approximate surface area is 137 Å². The number of rotatable bonds is 1. The number of nitrogens with zero attached hydrogens (tertiary/aromatic N) is 1. The van der Waals surface area contributed by atoms with Crippen LogP contribution >= 0.6 is 0 Å². The first-order valence-electron chi connectivity index (χ1n) is 8.60. The van der Waals surface area contributed by atoms with Crippen molar-refractivity contribution in [3.8, 4) is 0 Å². The van der Waals surface area contributed by atoms with Gasteiger partial charge >= 0.3 is 5.97 Å². The average Bonchev–Trinajstić information content (AvgIpc) is 2.87. The number of hydrogen-bond acceptors (Lipinski definition) is 3. The van der Waals surface area contributed by atoms with E-state index in [4.69, 9.17) is 4.74 Å². The number of ether oxygens (including phenoxy) is 1. The quantitative estimate of drug-likeness (QED) is 0.744. The molecular weight excluding hydrogens is 286 g/mol. The summed E-state index contributed by atoms with van der Waals surface area (Å²) in [5, 5.41) is 0. The van der Waals surface area contributed by atoms with Crippen molar-refractivity contribution in [1.29, 1.82) is 0 Å². The highest BCUT2D eigenvalue weighted by Gasteiger charge is 2.42. The maximum Gasteiger partial charge on any atom is 0.331 e. The van der Waals surface area contributed by atoms with Gasteiger partial charge in [-0.2, -0.15) is 0 Å². The van der Waals surface area contributed by atoms with Crippen molar-refractivity contribution in [2.24, 2.45) is 0 Å². The molecule has 3 nitrogen and oxygen atoms in total. The molecule has 120 valence electrons. The molecule has 0 N–H and O–H groups in total. The Morgan fingerprint density at radius 3 is 2.91 bits per heavy atom. The second-order valence-electron chi connectivity index (χ2n) is 6.95. The van der Waals surface area contributed by atoms with Crippen LogP contribution in [0, 0.1) is 6.92 Å². The largest absolute Gasteiger partial charge is 0.453 e. The minimum Gasteiger partial charge on any atom is -0.453 e. The topological polar surface area (TPSA) is 29.5 Å². The van der Waals surface area contributed by atoms with Gasteiger partial charge in [0.1, 0.15) is 6.10 Å². The molecule has 3 atom stereocenters. The summed E-state index contributed by atoms with van der Waals surface area (Å²) in [6.45, 7) is 5.49. The van der Waals surface area contributed by atoms with E-state index in [-0.39, 0.29) is 12.1 Å². The third kappa shape index (κ3) is 2.53. The molecule has 0 radical (unpaired) electrons. The van der Waals surface area contributed by atoms with Gasteiger partial charge in [0, 0.05) is 17.7 Å². The molecule has 1 aromatic rings.